The zero-order chi connectivity index (χ0) is 12.3. The third kappa shape index (κ3) is 2.74. The van der Waals surface area contributed by atoms with E-state index in [0.717, 1.165) is 12.2 Å². The summed E-state index contributed by atoms with van der Waals surface area (Å²) in [5.41, 5.74) is 2.21. The van der Waals surface area contributed by atoms with Gasteiger partial charge in [-0.1, -0.05) is 11.6 Å². The highest BCUT2D eigenvalue weighted by atomic mass is 35.5. The number of hydrogen-bond acceptors (Lipinski definition) is 2. The molecule has 0 aliphatic heterocycles. The second-order valence-corrected chi connectivity index (χ2v) is 3.99. The number of rotatable bonds is 3. The summed E-state index contributed by atoms with van der Waals surface area (Å²) in [4.78, 5) is 4.20. The number of aromatic nitrogens is 1. The molecule has 1 aromatic carbocycles. The molecule has 4 heteroatoms. The summed E-state index contributed by atoms with van der Waals surface area (Å²) in [6.07, 6.45) is 1.68. The van der Waals surface area contributed by atoms with Gasteiger partial charge in [0.05, 0.1) is 10.7 Å². The summed E-state index contributed by atoms with van der Waals surface area (Å²) in [6, 6.07) is 7.97. The lowest BCUT2D eigenvalue weighted by Gasteiger charge is -2.07. The second kappa shape index (κ2) is 5.15. The van der Waals surface area contributed by atoms with Gasteiger partial charge >= 0.3 is 0 Å². The molecular weight excluding hydrogens is 239 g/mol. The molecule has 0 bridgehead atoms. The smallest absolute Gasteiger partial charge is 0.123 e. The summed E-state index contributed by atoms with van der Waals surface area (Å²) < 4.78 is 13.2. The molecule has 88 valence electrons. The molecule has 0 atom stereocenters. The van der Waals surface area contributed by atoms with E-state index in [1.54, 1.807) is 6.20 Å². The van der Waals surface area contributed by atoms with Crippen molar-refractivity contribution in [2.45, 2.75) is 6.92 Å². The molecule has 0 saturated carbocycles. The highest BCUT2D eigenvalue weighted by Gasteiger charge is 2.06. The van der Waals surface area contributed by atoms with Crippen molar-refractivity contribution in [2.75, 3.05) is 11.9 Å². The molecule has 0 spiro atoms. The fourth-order valence-corrected chi connectivity index (χ4v) is 1.80. The first-order valence-electron chi connectivity index (χ1n) is 5.36. The lowest BCUT2D eigenvalue weighted by atomic mass is 10.1. The van der Waals surface area contributed by atoms with Crippen molar-refractivity contribution in [1.82, 2.24) is 4.98 Å². The van der Waals surface area contributed by atoms with E-state index in [1.165, 1.54) is 18.2 Å². The standard InChI is InChI=1S/C13H12ClFN2/c1-2-16-10-5-6-17-13(8-10)11-7-9(15)3-4-12(11)14/h3-8H,2H2,1H3,(H,16,17). The van der Waals surface area contributed by atoms with Gasteiger partial charge in [-0.25, -0.2) is 4.39 Å². The number of benzene rings is 1. The van der Waals surface area contributed by atoms with Crippen LogP contribution in [0.3, 0.4) is 0 Å². The van der Waals surface area contributed by atoms with E-state index >= 15 is 0 Å². The third-order valence-electron chi connectivity index (χ3n) is 2.35. The Balaban J connectivity index is 2.45. The number of anilines is 1. The van der Waals surface area contributed by atoms with Gasteiger partial charge in [-0.05, 0) is 37.3 Å². The van der Waals surface area contributed by atoms with Gasteiger partial charge in [0.15, 0.2) is 0 Å². The molecule has 2 aromatic rings. The van der Waals surface area contributed by atoms with Crippen molar-refractivity contribution < 1.29 is 4.39 Å². The molecule has 17 heavy (non-hydrogen) atoms. The first-order chi connectivity index (χ1) is 8.20. The number of hydrogen-bond donors (Lipinski definition) is 1. The third-order valence-corrected chi connectivity index (χ3v) is 2.67. The predicted molar refractivity (Wildman–Crippen MR) is 68.8 cm³/mol. The molecule has 1 N–H and O–H groups in total. The Hall–Kier alpha value is -1.61. The van der Waals surface area contributed by atoms with Crippen LogP contribution in [-0.4, -0.2) is 11.5 Å². The van der Waals surface area contributed by atoms with Gasteiger partial charge in [0.1, 0.15) is 5.82 Å². The van der Waals surface area contributed by atoms with Crippen LogP contribution in [0, 0.1) is 5.82 Å². The molecule has 0 fully saturated rings. The maximum Gasteiger partial charge on any atom is 0.123 e. The molecule has 0 unspecified atom stereocenters. The minimum Gasteiger partial charge on any atom is -0.385 e. The predicted octanol–water partition coefficient (Wildman–Crippen LogP) is 3.97. The van der Waals surface area contributed by atoms with Gasteiger partial charge in [-0.2, -0.15) is 0 Å². The molecule has 0 aliphatic rings. The summed E-state index contributed by atoms with van der Waals surface area (Å²) in [7, 11) is 0. The Labute approximate surface area is 104 Å². The van der Waals surface area contributed by atoms with Crippen molar-refractivity contribution in [2.24, 2.45) is 0 Å². The second-order valence-electron chi connectivity index (χ2n) is 3.58. The maximum atomic E-state index is 13.2. The minimum absolute atomic E-state index is 0.319. The van der Waals surface area contributed by atoms with Gasteiger partial charge in [0.25, 0.3) is 0 Å². The largest absolute Gasteiger partial charge is 0.385 e. The van der Waals surface area contributed by atoms with E-state index in [4.69, 9.17) is 11.6 Å². The van der Waals surface area contributed by atoms with Crippen LogP contribution < -0.4 is 5.32 Å². The Morgan fingerprint density at radius 3 is 2.88 bits per heavy atom. The van der Waals surface area contributed by atoms with Crippen molar-refractivity contribution in [3.8, 4) is 11.3 Å². The van der Waals surface area contributed by atoms with Crippen LogP contribution in [-0.2, 0) is 0 Å². The first kappa shape index (κ1) is 11.9. The monoisotopic (exact) mass is 250 g/mol. The topological polar surface area (TPSA) is 24.9 Å². The van der Waals surface area contributed by atoms with Crippen LogP contribution >= 0.6 is 11.6 Å². The van der Waals surface area contributed by atoms with E-state index < -0.39 is 0 Å². The van der Waals surface area contributed by atoms with E-state index in [1.807, 2.05) is 19.1 Å². The van der Waals surface area contributed by atoms with Crippen LogP contribution in [0.25, 0.3) is 11.3 Å². The molecule has 0 aliphatic carbocycles. The summed E-state index contributed by atoms with van der Waals surface area (Å²) in [5, 5.41) is 3.67. The van der Waals surface area contributed by atoms with Crippen molar-refractivity contribution >= 4 is 17.3 Å². The SMILES string of the molecule is CCNc1ccnc(-c2cc(F)ccc2Cl)c1. The van der Waals surface area contributed by atoms with E-state index in [-0.39, 0.29) is 5.82 Å². The summed E-state index contributed by atoms with van der Waals surface area (Å²) >= 11 is 6.03. The van der Waals surface area contributed by atoms with Gasteiger partial charge in [0.2, 0.25) is 0 Å². The lowest BCUT2D eigenvalue weighted by molar-refractivity contribution is 0.628. The van der Waals surface area contributed by atoms with E-state index in [0.29, 0.717) is 16.3 Å². The molecule has 2 rings (SSSR count). The molecule has 0 radical (unpaired) electrons. The maximum absolute atomic E-state index is 13.2. The fourth-order valence-electron chi connectivity index (χ4n) is 1.59. The Bertz CT molecular complexity index is 529. The molecule has 0 saturated heterocycles. The highest BCUT2D eigenvalue weighted by molar-refractivity contribution is 6.33. The van der Waals surface area contributed by atoms with Crippen molar-refractivity contribution in [3.63, 3.8) is 0 Å². The Morgan fingerprint density at radius 2 is 2.12 bits per heavy atom. The van der Waals surface area contributed by atoms with Gasteiger partial charge in [0, 0.05) is 24.0 Å². The summed E-state index contributed by atoms with van der Waals surface area (Å²) in [6.45, 7) is 2.83. The highest BCUT2D eigenvalue weighted by Crippen LogP contribution is 2.28. The van der Waals surface area contributed by atoms with Crippen LogP contribution in [0.5, 0.6) is 0 Å². The zero-order valence-corrected chi connectivity index (χ0v) is 10.1. The number of halogens is 2. The van der Waals surface area contributed by atoms with Gasteiger partial charge in [-0.3, -0.25) is 4.98 Å². The molecule has 2 nitrogen and oxygen atoms in total. The number of pyridine rings is 1. The summed E-state index contributed by atoms with van der Waals surface area (Å²) in [5.74, 6) is -0.319. The first-order valence-corrected chi connectivity index (χ1v) is 5.74. The average Bonchev–Trinajstić information content (AvgIpc) is 2.33. The van der Waals surface area contributed by atoms with E-state index in [9.17, 15) is 4.39 Å². The van der Waals surface area contributed by atoms with Gasteiger partial charge < -0.3 is 5.32 Å². The van der Waals surface area contributed by atoms with E-state index in [2.05, 4.69) is 10.3 Å². The fraction of sp³-hybridized carbons (Fsp3) is 0.154. The van der Waals surface area contributed by atoms with Crippen LogP contribution in [0.15, 0.2) is 36.5 Å². The van der Waals surface area contributed by atoms with Gasteiger partial charge in [-0.15, -0.1) is 0 Å². The molecule has 0 amide bonds. The van der Waals surface area contributed by atoms with Crippen LogP contribution in [0.4, 0.5) is 10.1 Å². The Morgan fingerprint density at radius 1 is 1.29 bits per heavy atom. The van der Waals surface area contributed by atoms with Crippen molar-refractivity contribution in [1.29, 1.82) is 0 Å². The number of nitrogens with one attached hydrogen (secondary N) is 1. The molecule has 1 heterocycles. The average molecular weight is 251 g/mol. The van der Waals surface area contributed by atoms with Crippen LogP contribution in [0.1, 0.15) is 6.92 Å². The lowest BCUT2D eigenvalue weighted by Crippen LogP contribution is -1.97. The van der Waals surface area contributed by atoms with Crippen molar-refractivity contribution in [3.05, 3.63) is 47.4 Å². The Kier molecular flexibility index (Phi) is 3.59. The molecular formula is C13H12ClFN2. The minimum atomic E-state index is -0.319. The quantitative estimate of drug-likeness (QED) is 0.892. The number of nitrogens with zero attached hydrogens (tertiary/aromatic N) is 1. The normalized spacial score (nSPS) is 10.3. The molecule has 1 aromatic heterocycles. The zero-order valence-electron chi connectivity index (χ0n) is 9.37. The van der Waals surface area contributed by atoms with Crippen LogP contribution in [0.2, 0.25) is 5.02 Å².